The average Bonchev–Trinajstić information content (AvgIpc) is 3.27. The molecule has 0 atom stereocenters. The first-order valence-corrected chi connectivity index (χ1v) is 10.4. The van der Waals surface area contributed by atoms with Gasteiger partial charge in [-0.1, -0.05) is 32.9 Å². The van der Waals surface area contributed by atoms with E-state index >= 15 is 0 Å². The second kappa shape index (κ2) is 8.35. The molecule has 0 fully saturated rings. The molecule has 1 aliphatic rings. The Balaban J connectivity index is 1.63. The van der Waals surface area contributed by atoms with Crippen molar-refractivity contribution in [1.82, 2.24) is 0 Å². The fourth-order valence-electron chi connectivity index (χ4n) is 3.33. The van der Waals surface area contributed by atoms with Crippen LogP contribution in [0.4, 0.5) is 5.00 Å². The van der Waals surface area contributed by atoms with Crippen molar-refractivity contribution in [1.29, 1.82) is 0 Å². The number of aryl methyl sites for hydroxylation is 1. The highest BCUT2D eigenvalue weighted by molar-refractivity contribution is 7.17. The zero-order chi connectivity index (χ0) is 20.3. The van der Waals surface area contributed by atoms with Crippen LogP contribution < -0.4 is 10.1 Å². The van der Waals surface area contributed by atoms with E-state index in [1.807, 2.05) is 24.3 Å². The zero-order valence-electron chi connectivity index (χ0n) is 16.9. The topological polar surface area (TPSA) is 64.6 Å². The van der Waals surface area contributed by atoms with Gasteiger partial charge < -0.3 is 14.8 Å². The number of rotatable bonds is 7. The van der Waals surface area contributed by atoms with E-state index in [0.29, 0.717) is 16.3 Å². The molecule has 0 saturated carbocycles. The molecule has 2 aromatic rings. The van der Waals surface area contributed by atoms with Crippen molar-refractivity contribution in [3.63, 3.8) is 0 Å². The summed E-state index contributed by atoms with van der Waals surface area (Å²) in [6.45, 7) is 6.46. The van der Waals surface area contributed by atoms with Gasteiger partial charge in [-0.3, -0.25) is 4.79 Å². The van der Waals surface area contributed by atoms with Crippen molar-refractivity contribution >= 4 is 28.2 Å². The molecule has 0 saturated heterocycles. The lowest BCUT2D eigenvalue weighted by Crippen LogP contribution is -2.21. The van der Waals surface area contributed by atoms with E-state index in [-0.39, 0.29) is 17.9 Å². The summed E-state index contributed by atoms with van der Waals surface area (Å²) in [5.74, 6) is -0.0412. The van der Waals surface area contributed by atoms with Crippen molar-refractivity contribution in [2.24, 2.45) is 0 Å². The van der Waals surface area contributed by atoms with Gasteiger partial charge in [0.15, 0.2) is 6.61 Å². The van der Waals surface area contributed by atoms with Gasteiger partial charge in [0.05, 0.1) is 12.7 Å². The molecule has 1 heterocycles. The molecular weight excluding hydrogens is 374 g/mol. The molecule has 1 N–H and O–H groups in total. The molecule has 150 valence electrons. The van der Waals surface area contributed by atoms with Crippen LogP contribution in [0.15, 0.2) is 24.3 Å². The van der Waals surface area contributed by atoms with Crippen LogP contribution in [0, 0.1) is 0 Å². The molecule has 1 aromatic heterocycles. The largest absolute Gasteiger partial charge is 0.484 e. The quantitative estimate of drug-likeness (QED) is 0.681. The number of methoxy groups -OCH3 is 1. The Bertz CT molecular complexity index is 867. The Morgan fingerprint density at radius 3 is 2.54 bits per heavy atom. The fourth-order valence-corrected chi connectivity index (χ4v) is 4.62. The number of hydrogen-bond acceptors (Lipinski definition) is 5. The van der Waals surface area contributed by atoms with E-state index in [0.717, 1.165) is 36.1 Å². The molecule has 6 heteroatoms. The monoisotopic (exact) mass is 401 g/mol. The predicted octanol–water partition coefficient (Wildman–Crippen LogP) is 4.73. The van der Waals surface area contributed by atoms with Crippen LogP contribution in [-0.4, -0.2) is 25.6 Å². The molecule has 28 heavy (non-hydrogen) atoms. The number of ether oxygens (including phenoxy) is 2. The van der Waals surface area contributed by atoms with Crippen LogP contribution >= 0.6 is 11.3 Å². The van der Waals surface area contributed by atoms with Gasteiger partial charge in [-0.2, -0.15) is 0 Å². The molecule has 0 aliphatic heterocycles. The molecular formula is C22H27NO4S. The first kappa shape index (κ1) is 20.4. The zero-order valence-corrected chi connectivity index (χ0v) is 17.7. The van der Waals surface area contributed by atoms with Crippen molar-refractivity contribution in [3.05, 3.63) is 45.8 Å². The average molecular weight is 402 g/mol. The third-order valence-electron chi connectivity index (χ3n) is 5.45. The van der Waals surface area contributed by atoms with Crippen LogP contribution in [0.2, 0.25) is 0 Å². The van der Waals surface area contributed by atoms with Crippen LogP contribution in [0.25, 0.3) is 0 Å². The van der Waals surface area contributed by atoms with Crippen LogP contribution in [0.5, 0.6) is 5.75 Å². The standard InChI is InChI=1S/C22H27NO4S/c1-5-22(2,3)14-9-11-15(12-10-14)27-13-18(24)23-20-19(21(25)26-4)16-7-6-8-17(16)28-20/h9-12H,5-8,13H2,1-4H3,(H,23,24). The SMILES string of the molecule is CCC(C)(C)c1ccc(OCC(=O)Nc2sc3c(c2C(=O)OC)CCC3)cc1. The normalized spacial score (nSPS) is 13.1. The maximum Gasteiger partial charge on any atom is 0.341 e. The number of amides is 1. The highest BCUT2D eigenvalue weighted by atomic mass is 32.1. The molecule has 1 aromatic carbocycles. The lowest BCUT2D eigenvalue weighted by atomic mass is 9.82. The maximum absolute atomic E-state index is 12.4. The summed E-state index contributed by atoms with van der Waals surface area (Å²) < 4.78 is 10.5. The Labute approximate surface area is 170 Å². The number of hydrogen-bond donors (Lipinski definition) is 1. The number of fused-ring (bicyclic) bond motifs is 1. The minimum Gasteiger partial charge on any atom is -0.484 e. The van der Waals surface area contributed by atoms with Gasteiger partial charge in [-0.25, -0.2) is 4.79 Å². The van der Waals surface area contributed by atoms with Crippen molar-refractivity contribution in [3.8, 4) is 5.75 Å². The van der Waals surface area contributed by atoms with Crippen molar-refractivity contribution in [2.45, 2.75) is 51.9 Å². The molecule has 1 amide bonds. The maximum atomic E-state index is 12.4. The Morgan fingerprint density at radius 1 is 1.18 bits per heavy atom. The summed E-state index contributed by atoms with van der Waals surface area (Å²) in [7, 11) is 1.36. The smallest absolute Gasteiger partial charge is 0.341 e. The molecule has 0 spiro atoms. The van der Waals surface area contributed by atoms with Crippen molar-refractivity contribution in [2.75, 3.05) is 19.0 Å². The Morgan fingerprint density at radius 2 is 1.89 bits per heavy atom. The van der Waals surface area contributed by atoms with Crippen LogP contribution in [0.1, 0.15) is 60.0 Å². The second-order valence-electron chi connectivity index (χ2n) is 7.65. The molecule has 0 radical (unpaired) electrons. The van der Waals surface area contributed by atoms with E-state index in [1.54, 1.807) is 0 Å². The summed E-state index contributed by atoms with van der Waals surface area (Å²) >= 11 is 1.46. The van der Waals surface area contributed by atoms with Gasteiger partial charge in [-0.15, -0.1) is 11.3 Å². The number of benzene rings is 1. The van der Waals surface area contributed by atoms with E-state index < -0.39 is 5.97 Å². The number of esters is 1. The first-order valence-electron chi connectivity index (χ1n) is 9.61. The first-order chi connectivity index (χ1) is 13.4. The van der Waals surface area contributed by atoms with E-state index in [1.165, 1.54) is 24.0 Å². The highest BCUT2D eigenvalue weighted by Crippen LogP contribution is 2.39. The number of nitrogens with one attached hydrogen (secondary N) is 1. The van der Waals surface area contributed by atoms with Crippen molar-refractivity contribution < 1.29 is 19.1 Å². The van der Waals surface area contributed by atoms with Gasteiger partial charge >= 0.3 is 5.97 Å². The van der Waals surface area contributed by atoms with E-state index in [2.05, 4.69) is 26.1 Å². The van der Waals surface area contributed by atoms with E-state index in [9.17, 15) is 9.59 Å². The molecule has 0 unspecified atom stereocenters. The highest BCUT2D eigenvalue weighted by Gasteiger charge is 2.28. The number of carbonyl (C=O) groups is 2. The lowest BCUT2D eigenvalue weighted by Gasteiger charge is -2.23. The number of carbonyl (C=O) groups excluding carboxylic acids is 2. The molecule has 0 bridgehead atoms. The third-order valence-corrected chi connectivity index (χ3v) is 6.66. The van der Waals surface area contributed by atoms with Gasteiger partial charge in [0.1, 0.15) is 10.8 Å². The van der Waals surface area contributed by atoms with E-state index in [4.69, 9.17) is 9.47 Å². The summed E-state index contributed by atoms with van der Waals surface area (Å²) in [5, 5.41) is 3.38. The lowest BCUT2D eigenvalue weighted by molar-refractivity contribution is -0.118. The summed E-state index contributed by atoms with van der Waals surface area (Å²) in [5.41, 5.74) is 2.86. The van der Waals surface area contributed by atoms with Gasteiger partial charge in [-0.05, 0) is 54.4 Å². The Hall–Kier alpha value is -2.34. The molecule has 5 nitrogen and oxygen atoms in total. The van der Waals surface area contributed by atoms with Gasteiger partial charge in [0, 0.05) is 4.88 Å². The predicted molar refractivity (Wildman–Crippen MR) is 112 cm³/mol. The summed E-state index contributed by atoms with van der Waals surface area (Å²) in [6, 6.07) is 7.85. The third kappa shape index (κ3) is 4.22. The van der Waals surface area contributed by atoms with Crippen LogP contribution in [0.3, 0.4) is 0 Å². The fraction of sp³-hybridized carbons (Fsp3) is 0.455. The number of thiophene rings is 1. The summed E-state index contributed by atoms with van der Waals surface area (Å²) in [6.07, 6.45) is 3.87. The Kier molecular flexibility index (Phi) is 6.08. The minimum absolute atomic E-state index is 0.111. The number of anilines is 1. The van der Waals surface area contributed by atoms with Gasteiger partial charge in [0.2, 0.25) is 0 Å². The minimum atomic E-state index is -0.398. The summed E-state index contributed by atoms with van der Waals surface area (Å²) in [4.78, 5) is 25.7. The second-order valence-corrected chi connectivity index (χ2v) is 8.76. The van der Waals surface area contributed by atoms with Crippen LogP contribution in [-0.2, 0) is 27.8 Å². The molecule has 1 aliphatic carbocycles. The van der Waals surface area contributed by atoms with Gasteiger partial charge in [0.25, 0.3) is 5.91 Å². The molecule has 3 rings (SSSR count).